The minimum absolute atomic E-state index is 0.135. The topological polar surface area (TPSA) is 64.3 Å². The summed E-state index contributed by atoms with van der Waals surface area (Å²) in [7, 11) is 1.68. The predicted molar refractivity (Wildman–Crippen MR) is 68.6 cm³/mol. The maximum Gasteiger partial charge on any atom is 0.220 e. The molecule has 0 aromatic rings. The fraction of sp³-hybridized carbons (Fsp3) is 0.923. The number of carbonyl (C=O) groups excluding carboxylic acids is 1. The standard InChI is InChI=1S/C13H26N2O2/c1-10(9-17-2)8-15-13(16)7-11-5-3-4-6-12(11)14/h10-12H,3-9,14H2,1-2H3,(H,15,16). The zero-order valence-corrected chi connectivity index (χ0v) is 11.1. The quantitative estimate of drug-likeness (QED) is 0.737. The molecule has 3 unspecified atom stereocenters. The van der Waals surface area contributed by atoms with E-state index in [1.54, 1.807) is 7.11 Å². The van der Waals surface area contributed by atoms with Gasteiger partial charge in [0.15, 0.2) is 0 Å². The van der Waals surface area contributed by atoms with Crippen molar-refractivity contribution in [2.45, 2.75) is 45.1 Å². The van der Waals surface area contributed by atoms with Gasteiger partial charge in [0.1, 0.15) is 0 Å². The molecule has 4 heteroatoms. The Bertz CT molecular complexity index is 233. The Morgan fingerprint density at radius 1 is 1.47 bits per heavy atom. The van der Waals surface area contributed by atoms with Gasteiger partial charge in [-0.25, -0.2) is 0 Å². The lowest BCUT2D eigenvalue weighted by molar-refractivity contribution is -0.122. The predicted octanol–water partition coefficient (Wildman–Crippen LogP) is 1.29. The molecular formula is C13H26N2O2. The molecule has 1 aliphatic rings. The van der Waals surface area contributed by atoms with Crippen molar-refractivity contribution < 1.29 is 9.53 Å². The number of carbonyl (C=O) groups is 1. The van der Waals surface area contributed by atoms with Gasteiger partial charge in [0.25, 0.3) is 0 Å². The lowest BCUT2D eigenvalue weighted by Gasteiger charge is -2.28. The van der Waals surface area contributed by atoms with Crippen LogP contribution in [0.15, 0.2) is 0 Å². The van der Waals surface area contributed by atoms with Crippen molar-refractivity contribution in [3.63, 3.8) is 0 Å². The number of methoxy groups -OCH3 is 1. The molecule has 3 atom stereocenters. The fourth-order valence-corrected chi connectivity index (χ4v) is 2.43. The first-order valence-corrected chi connectivity index (χ1v) is 6.64. The molecular weight excluding hydrogens is 216 g/mol. The molecule has 0 aromatic heterocycles. The van der Waals surface area contributed by atoms with Gasteiger partial charge < -0.3 is 15.8 Å². The molecule has 3 N–H and O–H groups in total. The molecule has 0 heterocycles. The Balaban J connectivity index is 2.19. The third-order valence-corrected chi connectivity index (χ3v) is 3.51. The first kappa shape index (κ1) is 14.5. The monoisotopic (exact) mass is 242 g/mol. The summed E-state index contributed by atoms with van der Waals surface area (Å²) in [5.41, 5.74) is 6.03. The molecule has 4 nitrogen and oxygen atoms in total. The van der Waals surface area contributed by atoms with Crippen LogP contribution in [0.1, 0.15) is 39.0 Å². The lowest BCUT2D eigenvalue weighted by Crippen LogP contribution is -2.38. The number of ether oxygens (including phenoxy) is 1. The average molecular weight is 242 g/mol. The van der Waals surface area contributed by atoms with E-state index < -0.39 is 0 Å². The lowest BCUT2D eigenvalue weighted by atomic mass is 9.83. The number of amides is 1. The van der Waals surface area contributed by atoms with Crippen molar-refractivity contribution in [2.24, 2.45) is 17.6 Å². The Morgan fingerprint density at radius 3 is 2.82 bits per heavy atom. The van der Waals surface area contributed by atoms with Gasteiger partial charge in [0, 0.05) is 26.1 Å². The minimum Gasteiger partial charge on any atom is -0.384 e. The molecule has 1 rings (SSSR count). The number of hydrogen-bond acceptors (Lipinski definition) is 3. The van der Waals surface area contributed by atoms with Crippen LogP contribution < -0.4 is 11.1 Å². The van der Waals surface area contributed by atoms with E-state index in [0.29, 0.717) is 31.4 Å². The van der Waals surface area contributed by atoms with E-state index in [0.717, 1.165) is 12.8 Å². The average Bonchev–Trinajstić information content (AvgIpc) is 2.30. The maximum atomic E-state index is 11.8. The number of hydrogen-bond donors (Lipinski definition) is 2. The van der Waals surface area contributed by atoms with Gasteiger partial charge in [-0.2, -0.15) is 0 Å². The van der Waals surface area contributed by atoms with Gasteiger partial charge >= 0.3 is 0 Å². The highest BCUT2D eigenvalue weighted by atomic mass is 16.5. The van der Waals surface area contributed by atoms with E-state index in [9.17, 15) is 4.79 Å². The molecule has 0 saturated heterocycles. The van der Waals surface area contributed by atoms with Gasteiger partial charge in [0.2, 0.25) is 5.91 Å². The SMILES string of the molecule is COCC(C)CNC(=O)CC1CCCCC1N. The Hall–Kier alpha value is -0.610. The highest BCUT2D eigenvalue weighted by molar-refractivity contribution is 5.76. The fourth-order valence-electron chi connectivity index (χ4n) is 2.43. The molecule has 1 aliphatic carbocycles. The normalized spacial score (nSPS) is 26.5. The van der Waals surface area contributed by atoms with Crippen LogP contribution in [0.2, 0.25) is 0 Å². The van der Waals surface area contributed by atoms with Crippen LogP contribution in [0.4, 0.5) is 0 Å². The van der Waals surface area contributed by atoms with Crippen LogP contribution in [0.25, 0.3) is 0 Å². The van der Waals surface area contributed by atoms with E-state index in [4.69, 9.17) is 10.5 Å². The molecule has 0 aromatic carbocycles. The minimum atomic E-state index is 0.135. The molecule has 1 saturated carbocycles. The maximum absolute atomic E-state index is 11.8. The summed E-state index contributed by atoms with van der Waals surface area (Å²) in [5, 5.41) is 2.96. The van der Waals surface area contributed by atoms with E-state index in [1.165, 1.54) is 12.8 Å². The second-order valence-corrected chi connectivity index (χ2v) is 5.28. The molecule has 0 bridgehead atoms. The van der Waals surface area contributed by atoms with E-state index in [-0.39, 0.29) is 11.9 Å². The molecule has 100 valence electrons. The highest BCUT2D eigenvalue weighted by Gasteiger charge is 2.24. The van der Waals surface area contributed by atoms with Crippen molar-refractivity contribution in [1.29, 1.82) is 0 Å². The Morgan fingerprint density at radius 2 is 2.18 bits per heavy atom. The van der Waals surface area contributed by atoms with Gasteiger partial charge in [-0.3, -0.25) is 4.79 Å². The van der Waals surface area contributed by atoms with Crippen LogP contribution in [-0.2, 0) is 9.53 Å². The summed E-state index contributed by atoms with van der Waals surface area (Å²) in [6.07, 6.45) is 5.18. The van der Waals surface area contributed by atoms with Gasteiger partial charge in [0.05, 0.1) is 6.61 Å². The van der Waals surface area contributed by atoms with Gasteiger partial charge in [-0.05, 0) is 24.7 Å². The summed E-state index contributed by atoms with van der Waals surface area (Å²) in [5.74, 6) is 0.876. The third kappa shape index (κ3) is 5.50. The van der Waals surface area contributed by atoms with Crippen molar-refractivity contribution in [2.75, 3.05) is 20.3 Å². The van der Waals surface area contributed by atoms with Crippen molar-refractivity contribution in [3.8, 4) is 0 Å². The Labute approximate surface area is 104 Å². The molecule has 0 radical (unpaired) electrons. The third-order valence-electron chi connectivity index (χ3n) is 3.51. The van der Waals surface area contributed by atoms with Crippen molar-refractivity contribution >= 4 is 5.91 Å². The summed E-state index contributed by atoms with van der Waals surface area (Å²) in [4.78, 5) is 11.8. The second kappa shape index (κ2) is 7.67. The summed E-state index contributed by atoms with van der Waals surface area (Å²) < 4.78 is 5.03. The Kier molecular flexibility index (Phi) is 6.52. The van der Waals surface area contributed by atoms with Crippen LogP contribution in [0.5, 0.6) is 0 Å². The van der Waals surface area contributed by atoms with Crippen LogP contribution in [0, 0.1) is 11.8 Å². The van der Waals surface area contributed by atoms with Crippen molar-refractivity contribution in [3.05, 3.63) is 0 Å². The van der Waals surface area contributed by atoms with E-state index >= 15 is 0 Å². The number of nitrogens with two attached hydrogens (primary N) is 1. The molecule has 0 spiro atoms. The van der Waals surface area contributed by atoms with Crippen molar-refractivity contribution in [1.82, 2.24) is 5.32 Å². The molecule has 17 heavy (non-hydrogen) atoms. The van der Waals surface area contributed by atoms with E-state index in [1.807, 2.05) is 0 Å². The van der Waals surface area contributed by atoms with Gasteiger partial charge in [-0.15, -0.1) is 0 Å². The molecule has 0 aliphatic heterocycles. The van der Waals surface area contributed by atoms with Crippen LogP contribution in [-0.4, -0.2) is 32.2 Å². The largest absolute Gasteiger partial charge is 0.384 e. The zero-order chi connectivity index (χ0) is 12.7. The van der Waals surface area contributed by atoms with Crippen LogP contribution in [0.3, 0.4) is 0 Å². The smallest absolute Gasteiger partial charge is 0.220 e. The first-order valence-electron chi connectivity index (χ1n) is 6.64. The number of rotatable bonds is 6. The summed E-state index contributed by atoms with van der Waals surface area (Å²) >= 11 is 0. The van der Waals surface area contributed by atoms with Gasteiger partial charge in [-0.1, -0.05) is 19.8 Å². The molecule has 1 fully saturated rings. The summed E-state index contributed by atoms with van der Waals surface area (Å²) in [6, 6.07) is 0.214. The number of nitrogens with one attached hydrogen (secondary N) is 1. The van der Waals surface area contributed by atoms with E-state index in [2.05, 4.69) is 12.2 Å². The highest BCUT2D eigenvalue weighted by Crippen LogP contribution is 2.25. The second-order valence-electron chi connectivity index (χ2n) is 5.28. The zero-order valence-electron chi connectivity index (χ0n) is 11.1. The molecule has 1 amide bonds. The summed E-state index contributed by atoms with van der Waals surface area (Å²) in [6.45, 7) is 3.44. The van der Waals surface area contributed by atoms with Crippen LogP contribution >= 0.6 is 0 Å². The first-order chi connectivity index (χ1) is 8.13.